The SMILES string of the molecule is COc1ccc(C(=O)NC2CCC(Oc3cnccn3)CC2)cc1F. The average molecular weight is 345 g/mol. The Hall–Kier alpha value is -2.70. The predicted molar refractivity (Wildman–Crippen MR) is 89.1 cm³/mol. The smallest absolute Gasteiger partial charge is 0.251 e. The zero-order valence-electron chi connectivity index (χ0n) is 13.9. The van der Waals surface area contributed by atoms with E-state index in [4.69, 9.17) is 9.47 Å². The second-order valence-electron chi connectivity index (χ2n) is 5.96. The fourth-order valence-electron chi connectivity index (χ4n) is 2.92. The first-order chi connectivity index (χ1) is 12.2. The molecule has 7 heteroatoms. The van der Waals surface area contributed by atoms with Crippen molar-refractivity contribution < 1.29 is 18.7 Å². The number of nitrogens with one attached hydrogen (secondary N) is 1. The molecule has 132 valence electrons. The van der Waals surface area contributed by atoms with Gasteiger partial charge in [0.1, 0.15) is 6.10 Å². The van der Waals surface area contributed by atoms with Crippen LogP contribution in [0.25, 0.3) is 0 Å². The van der Waals surface area contributed by atoms with Crippen LogP contribution in [0.4, 0.5) is 4.39 Å². The molecule has 0 radical (unpaired) electrons. The van der Waals surface area contributed by atoms with Crippen LogP contribution in [0.1, 0.15) is 36.0 Å². The van der Waals surface area contributed by atoms with Gasteiger partial charge < -0.3 is 14.8 Å². The first-order valence-corrected chi connectivity index (χ1v) is 8.23. The molecular formula is C18H20FN3O3. The van der Waals surface area contributed by atoms with E-state index in [-0.39, 0.29) is 29.4 Å². The third-order valence-electron chi connectivity index (χ3n) is 4.25. The third-order valence-corrected chi connectivity index (χ3v) is 4.25. The molecule has 6 nitrogen and oxygen atoms in total. The molecule has 25 heavy (non-hydrogen) atoms. The van der Waals surface area contributed by atoms with Crippen LogP contribution in [0, 0.1) is 5.82 Å². The molecular weight excluding hydrogens is 325 g/mol. The molecule has 1 amide bonds. The van der Waals surface area contributed by atoms with Crippen molar-refractivity contribution in [3.05, 3.63) is 48.2 Å². The molecule has 1 aliphatic carbocycles. The Balaban J connectivity index is 1.50. The molecule has 0 aliphatic heterocycles. The molecule has 0 spiro atoms. The van der Waals surface area contributed by atoms with Crippen molar-refractivity contribution in [3.63, 3.8) is 0 Å². The van der Waals surface area contributed by atoms with Gasteiger partial charge in [-0.15, -0.1) is 0 Å². The van der Waals surface area contributed by atoms with Crippen LogP contribution in [-0.2, 0) is 0 Å². The number of rotatable bonds is 5. The van der Waals surface area contributed by atoms with E-state index < -0.39 is 5.82 Å². The van der Waals surface area contributed by atoms with E-state index in [0.717, 1.165) is 25.7 Å². The number of amides is 1. The lowest BCUT2D eigenvalue weighted by molar-refractivity contribution is 0.0889. The van der Waals surface area contributed by atoms with Crippen molar-refractivity contribution in [2.24, 2.45) is 0 Å². The number of halogens is 1. The second-order valence-corrected chi connectivity index (χ2v) is 5.96. The number of hydrogen-bond acceptors (Lipinski definition) is 5. The third kappa shape index (κ3) is 4.43. The Morgan fingerprint density at radius 1 is 1.24 bits per heavy atom. The van der Waals surface area contributed by atoms with Gasteiger partial charge in [0, 0.05) is 24.0 Å². The van der Waals surface area contributed by atoms with Gasteiger partial charge in [-0.25, -0.2) is 9.37 Å². The first kappa shape index (κ1) is 17.1. The van der Waals surface area contributed by atoms with Crippen LogP contribution in [0.2, 0.25) is 0 Å². The highest BCUT2D eigenvalue weighted by atomic mass is 19.1. The maximum atomic E-state index is 13.7. The molecule has 0 unspecified atom stereocenters. The van der Waals surface area contributed by atoms with Gasteiger partial charge in [-0.05, 0) is 43.9 Å². The van der Waals surface area contributed by atoms with Gasteiger partial charge in [-0.2, -0.15) is 0 Å². The molecule has 1 saturated carbocycles. The summed E-state index contributed by atoms with van der Waals surface area (Å²) in [5, 5.41) is 2.95. The van der Waals surface area contributed by atoms with Gasteiger partial charge in [0.2, 0.25) is 5.88 Å². The van der Waals surface area contributed by atoms with Crippen LogP contribution in [0.15, 0.2) is 36.8 Å². The predicted octanol–water partition coefficient (Wildman–Crippen LogP) is 2.74. The lowest BCUT2D eigenvalue weighted by atomic mass is 9.92. The van der Waals surface area contributed by atoms with E-state index in [1.54, 1.807) is 24.7 Å². The molecule has 1 N–H and O–H groups in total. The lowest BCUT2D eigenvalue weighted by Gasteiger charge is -2.29. The van der Waals surface area contributed by atoms with Crippen molar-refractivity contribution in [1.82, 2.24) is 15.3 Å². The molecule has 1 aromatic heterocycles. The average Bonchev–Trinajstić information content (AvgIpc) is 2.64. The highest BCUT2D eigenvalue weighted by Crippen LogP contribution is 2.23. The number of benzene rings is 1. The molecule has 1 heterocycles. The van der Waals surface area contributed by atoms with Gasteiger partial charge >= 0.3 is 0 Å². The zero-order chi connectivity index (χ0) is 17.6. The highest BCUT2D eigenvalue weighted by molar-refractivity contribution is 5.94. The summed E-state index contributed by atoms with van der Waals surface area (Å²) in [5.41, 5.74) is 0.288. The number of carbonyl (C=O) groups is 1. The standard InChI is InChI=1S/C18H20FN3O3/c1-24-16-7-2-12(10-15(16)19)18(23)22-13-3-5-14(6-4-13)25-17-11-20-8-9-21-17/h2,7-11,13-14H,3-6H2,1H3,(H,22,23). The first-order valence-electron chi connectivity index (χ1n) is 8.23. The number of ether oxygens (including phenoxy) is 2. The molecule has 0 saturated heterocycles. The Morgan fingerprint density at radius 3 is 2.68 bits per heavy atom. The van der Waals surface area contributed by atoms with Crippen LogP contribution in [0.5, 0.6) is 11.6 Å². The summed E-state index contributed by atoms with van der Waals surface area (Å²) in [4.78, 5) is 20.3. The van der Waals surface area contributed by atoms with Crippen LogP contribution >= 0.6 is 0 Å². The zero-order valence-corrected chi connectivity index (χ0v) is 13.9. The van der Waals surface area contributed by atoms with Crippen molar-refractivity contribution in [3.8, 4) is 11.6 Å². The number of carbonyl (C=O) groups excluding carboxylic acids is 1. The molecule has 1 fully saturated rings. The molecule has 0 atom stereocenters. The van der Waals surface area contributed by atoms with Crippen molar-refractivity contribution in [2.45, 2.75) is 37.8 Å². The molecule has 2 aromatic rings. The van der Waals surface area contributed by atoms with Gasteiger partial charge in [0.15, 0.2) is 11.6 Å². The van der Waals surface area contributed by atoms with E-state index in [2.05, 4.69) is 15.3 Å². The lowest BCUT2D eigenvalue weighted by Crippen LogP contribution is -2.39. The van der Waals surface area contributed by atoms with E-state index in [1.807, 2.05) is 0 Å². The largest absolute Gasteiger partial charge is 0.494 e. The maximum Gasteiger partial charge on any atom is 0.251 e. The molecule has 1 aromatic carbocycles. The number of nitrogens with zero attached hydrogens (tertiary/aromatic N) is 2. The quantitative estimate of drug-likeness (QED) is 0.902. The van der Waals surface area contributed by atoms with Crippen LogP contribution < -0.4 is 14.8 Å². The summed E-state index contributed by atoms with van der Waals surface area (Å²) in [5.74, 6) is -0.182. The van der Waals surface area contributed by atoms with Crippen LogP contribution in [0.3, 0.4) is 0 Å². The van der Waals surface area contributed by atoms with E-state index in [9.17, 15) is 9.18 Å². The number of hydrogen-bond donors (Lipinski definition) is 1. The summed E-state index contributed by atoms with van der Waals surface area (Å²) >= 11 is 0. The van der Waals surface area contributed by atoms with Crippen molar-refractivity contribution >= 4 is 5.91 Å². The fourth-order valence-corrected chi connectivity index (χ4v) is 2.92. The maximum absolute atomic E-state index is 13.7. The summed E-state index contributed by atoms with van der Waals surface area (Å²) in [6, 6.07) is 4.26. The fraction of sp³-hybridized carbons (Fsp3) is 0.389. The van der Waals surface area contributed by atoms with Gasteiger partial charge in [0.25, 0.3) is 5.91 Å². The van der Waals surface area contributed by atoms with Gasteiger partial charge in [-0.3, -0.25) is 9.78 Å². The number of methoxy groups -OCH3 is 1. The monoisotopic (exact) mass is 345 g/mol. The topological polar surface area (TPSA) is 73.3 Å². The Bertz CT molecular complexity index is 719. The van der Waals surface area contributed by atoms with E-state index in [1.165, 1.54) is 19.2 Å². The summed E-state index contributed by atoms with van der Waals surface area (Å²) in [7, 11) is 1.39. The summed E-state index contributed by atoms with van der Waals surface area (Å²) in [6.07, 6.45) is 8.09. The Morgan fingerprint density at radius 2 is 2.04 bits per heavy atom. The van der Waals surface area contributed by atoms with E-state index in [0.29, 0.717) is 5.88 Å². The van der Waals surface area contributed by atoms with Crippen molar-refractivity contribution in [1.29, 1.82) is 0 Å². The molecule has 0 bridgehead atoms. The molecule has 1 aliphatic rings. The molecule has 3 rings (SSSR count). The second kappa shape index (κ2) is 7.92. The van der Waals surface area contributed by atoms with Gasteiger partial charge in [0.05, 0.1) is 13.3 Å². The van der Waals surface area contributed by atoms with Crippen LogP contribution in [-0.4, -0.2) is 35.1 Å². The summed E-state index contributed by atoms with van der Waals surface area (Å²) < 4.78 is 24.4. The minimum Gasteiger partial charge on any atom is -0.494 e. The van der Waals surface area contributed by atoms with Crippen molar-refractivity contribution in [2.75, 3.05) is 7.11 Å². The van der Waals surface area contributed by atoms with Gasteiger partial charge in [-0.1, -0.05) is 0 Å². The Kier molecular flexibility index (Phi) is 5.42. The number of aromatic nitrogens is 2. The Labute approximate surface area is 145 Å². The minimum atomic E-state index is -0.545. The highest BCUT2D eigenvalue weighted by Gasteiger charge is 2.24. The minimum absolute atomic E-state index is 0.0550. The van der Waals surface area contributed by atoms with E-state index >= 15 is 0 Å². The normalized spacial score (nSPS) is 19.9. The summed E-state index contributed by atoms with van der Waals surface area (Å²) in [6.45, 7) is 0.